The molecule has 0 aliphatic carbocycles. The van der Waals surface area contributed by atoms with Crippen molar-refractivity contribution in [1.29, 1.82) is 0 Å². The van der Waals surface area contributed by atoms with Gasteiger partial charge in [0.05, 0.1) is 33.4 Å². The van der Waals surface area contributed by atoms with E-state index in [9.17, 15) is 0 Å². The Bertz CT molecular complexity index is 5740. The standard InChI is InChI=1S/C94H67BN4/c1-94(2,3)70-58-89-91-90(59-70)99(93-75(68-50-46-64(47-51-68)62-26-8-4-9-27-62)40-25-41-76(93)69-52-48-65(49-53-69)63-28-10-5-11-29-63)88-61-72(97-85-44-22-18-36-79(85)80-37-19-23-45-86(80)97)55-57-82(88)95(91)81-56-54-71(96-83-42-20-16-34-77(83)78-35-17-21-43-84(78)96)60-87(81)98(89)92-73(66-30-12-6-13-31-66)38-24-39-74(92)67-32-14-7-15-33-67/h4-61H,1-3H3. The van der Waals surface area contributed by atoms with E-state index >= 15 is 0 Å². The van der Waals surface area contributed by atoms with E-state index in [1.807, 2.05) is 0 Å². The summed E-state index contributed by atoms with van der Waals surface area (Å²) in [6.45, 7) is 6.93. The molecule has 0 radical (unpaired) electrons. The predicted molar refractivity (Wildman–Crippen MR) is 420 cm³/mol. The summed E-state index contributed by atoms with van der Waals surface area (Å²) in [4.78, 5) is 5.39. The first kappa shape index (κ1) is 58.0. The zero-order valence-corrected chi connectivity index (χ0v) is 55.4. The molecule has 4 nitrogen and oxygen atoms in total. The van der Waals surface area contributed by atoms with Crippen molar-refractivity contribution in [2.75, 3.05) is 9.80 Å². The van der Waals surface area contributed by atoms with E-state index in [0.29, 0.717) is 0 Å². The summed E-state index contributed by atoms with van der Waals surface area (Å²) in [6, 6.07) is 132. The first-order valence-corrected chi connectivity index (χ1v) is 34.5. The minimum Gasteiger partial charge on any atom is -0.310 e. The molecule has 0 N–H and O–H groups in total. The molecule has 0 saturated carbocycles. The summed E-state index contributed by atoms with van der Waals surface area (Å²) in [5, 5.41) is 4.91. The number of rotatable bonds is 10. The quantitative estimate of drug-likeness (QED) is 0.127. The third-order valence-corrected chi connectivity index (χ3v) is 20.9. The van der Waals surface area contributed by atoms with Crippen LogP contribution < -0.4 is 26.2 Å². The van der Waals surface area contributed by atoms with Crippen molar-refractivity contribution in [3.05, 3.63) is 357 Å². The fourth-order valence-electron chi connectivity index (χ4n) is 16.2. The van der Waals surface area contributed by atoms with Crippen LogP contribution in [0.15, 0.2) is 352 Å². The van der Waals surface area contributed by atoms with E-state index in [2.05, 4.69) is 392 Å². The van der Waals surface area contributed by atoms with Gasteiger partial charge in [-0.05, 0) is 133 Å². The van der Waals surface area contributed by atoms with Crippen molar-refractivity contribution in [1.82, 2.24) is 9.13 Å². The molecule has 0 bridgehead atoms. The summed E-state index contributed by atoms with van der Waals surface area (Å²) < 4.78 is 4.98. The Labute approximate surface area is 577 Å². The summed E-state index contributed by atoms with van der Waals surface area (Å²) in [5.74, 6) is 0. The molecule has 17 aromatic rings. The molecule has 0 spiro atoms. The topological polar surface area (TPSA) is 16.3 Å². The van der Waals surface area contributed by atoms with Gasteiger partial charge in [-0.25, -0.2) is 0 Å². The van der Waals surface area contributed by atoms with Crippen LogP contribution in [0, 0.1) is 0 Å². The van der Waals surface area contributed by atoms with Gasteiger partial charge in [0, 0.05) is 77.9 Å². The Kier molecular flexibility index (Phi) is 13.6. The molecular weight excluding hydrogens is 1200 g/mol. The van der Waals surface area contributed by atoms with Gasteiger partial charge in [-0.2, -0.15) is 0 Å². The third kappa shape index (κ3) is 9.44. The molecule has 0 amide bonds. The van der Waals surface area contributed by atoms with Gasteiger partial charge in [0.25, 0.3) is 6.71 Å². The second-order valence-corrected chi connectivity index (χ2v) is 27.5. The molecule has 2 aliphatic rings. The molecular formula is C94H67BN4. The largest absolute Gasteiger partial charge is 0.310 e. The Hall–Kier alpha value is -12.4. The first-order valence-electron chi connectivity index (χ1n) is 34.5. The minimum atomic E-state index is -0.321. The molecule has 99 heavy (non-hydrogen) atoms. The van der Waals surface area contributed by atoms with Gasteiger partial charge >= 0.3 is 0 Å². The van der Waals surface area contributed by atoms with Crippen molar-refractivity contribution in [3.63, 3.8) is 0 Å². The average molecular weight is 1260 g/mol. The molecule has 0 saturated heterocycles. The van der Waals surface area contributed by atoms with Crippen LogP contribution in [-0.2, 0) is 5.41 Å². The number of benzene rings is 15. The van der Waals surface area contributed by atoms with E-state index < -0.39 is 0 Å². The number of hydrogen-bond acceptors (Lipinski definition) is 2. The fraction of sp³-hybridized carbons (Fsp3) is 0.0426. The molecule has 5 heteroatoms. The van der Waals surface area contributed by atoms with Gasteiger partial charge in [0.15, 0.2) is 0 Å². The molecule has 2 aliphatic heterocycles. The lowest BCUT2D eigenvalue weighted by molar-refractivity contribution is 0.590. The predicted octanol–water partition coefficient (Wildman–Crippen LogP) is 23.3. The van der Waals surface area contributed by atoms with Gasteiger partial charge in [0.2, 0.25) is 0 Å². The van der Waals surface area contributed by atoms with Crippen LogP contribution in [0.5, 0.6) is 0 Å². The molecule has 0 unspecified atom stereocenters. The van der Waals surface area contributed by atoms with Gasteiger partial charge in [0.1, 0.15) is 0 Å². The van der Waals surface area contributed by atoms with Crippen molar-refractivity contribution in [2.45, 2.75) is 26.2 Å². The molecule has 0 fully saturated rings. The second-order valence-electron chi connectivity index (χ2n) is 27.5. The van der Waals surface area contributed by atoms with Crippen LogP contribution in [0.3, 0.4) is 0 Å². The maximum absolute atomic E-state index is 2.70. The van der Waals surface area contributed by atoms with E-state index in [1.165, 1.54) is 87.8 Å². The maximum Gasteiger partial charge on any atom is 0.252 e. The Morgan fingerprint density at radius 3 is 0.859 bits per heavy atom. The lowest BCUT2D eigenvalue weighted by Crippen LogP contribution is -2.61. The summed E-state index contributed by atoms with van der Waals surface area (Å²) in [7, 11) is 0. The number of aromatic nitrogens is 2. The number of fused-ring (bicyclic) bond motifs is 10. The van der Waals surface area contributed by atoms with Crippen LogP contribution in [-0.4, -0.2) is 15.8 Å². The number of para-hydroxylation sites is 6. The molecule has 0 atom stereocenters. The summed E-state index contributed by atoms with van der Waals surface area (Å²) in [6.07, 6.45) is 0. The Morgan fingerprint density at radius 1 is 0.242 bits per heavy atom. The van der Waals surface area contributed by atoms with Crippen LogP contribution in [0.2, 0.25) is 0 Å². The average Bonchev–Trinajstić information content (AvgIpc) is 1.11. The van der Waals surface area contributed by atoms with Gasteiger partial charge in [-0.1, -0.05) is 312 Å². The second kappa shape index (κ2) is 23.2. The highest BCUT2D eigenvalue weighted by atomic mass is 15.2. The zero-order chi connectivity index (χ0) is 65.9. The molecule has 2 aromatic heterocycles. The van der Waals surface area contributed by atoms with Crippen molar-refractivity contribution >= 4 is 101 Å². The summed E-state index contributed by atoms with van der Waals surface area (Å²) in [5.41, 5.74) is 32.1. The highest BCUT2D eigenvalue weighted by Gasteiger charge is 2.46. The highest BCUT2D eigenvalue weighted by Crippen LogP contribution is 2.54. The monoisotopic (exact) mass is 1260 g/mol. The highest BCUT2D eigenvalue weighted by molar-refractivity contribution is 7.00. The zero-order valence-electron chi connectivity index (χ0n) is 55.4. The first-order chi connectivity index (χ1) is 48.8. The van der Waals surface area contributed by atoms with E-state index in [1.54, 1.807) is 0 Å². The molecule has 4 heterocycles. The number of nitrogens with zero attached hydrogens (tertiary/aromatic N) is 4. The Balaban J connectivity index is 0.963. The van der Waals surface area contributed by atoms with Crippen LogP contribution in [0.25, 0.3) is 122 Å². The van der Waals surface area contributed by atoms with Crippen LogP contribution in [0.4, 0.5) is 34.1 Å². The van der Waals surface area contributed by atoms with E-state index in [4.69, 9.17) is 0 Å². The van der Waals surface area contributed by atoms with Crippen LogP contribution >= 0.6 is 0 Å². The van der Waals surface area contributed by atoms with Crippen molar-refractivity contribution in [2.24, 2.45) is 0 Å². The Morgan fingerprint density at radius 2 is 0.525 bits per heavy atom. The lowest BCUT2D eigenvalue weighted by atomic mass is 9.33. The summed E-state index contributed by atoms with van der Waals surface area (Å²) >= 11 is 0. The van der Waals surface area contributed by atoms with Crippen molar-refractivity contribution < 1.29 is 0 Å². The SMILES string of the molecule is CC(C)(C)c1cc2c3c(c1)N(c1c(-c4ccc(-c5ccccc5)cc4)cccc1-c1ccc(-c4ccccc4)cc1)c1cc(-n4c5ccccc5c5ccccc54)ccc1B3c1ccc(-n3c4ccccc4c4ccccc43)cc1N2c1c(-c2ccccc2)cccc1-c1ccccc1. The van der Waals surface area contributed by atoms with Crippen molar-refractivity contribution in [3.8, 4) is 78.1 Å². The van der Waals surface area contributed by atoms with E-state index in [0.717, 1.165) is 90.0 Å². The normalized spacial score (nSPS) is 12.5. The number of anilines is 6. The van der Waals surface area contributed by atoms with Crippen LogP contribution in [0.1, 0.15) is 26.3 Å². The lowest BCUT2D eigenvalue weighted by Gasteiger charge is -2.46. The smallest absolute Gasteiger partial charge is 0.252 e. The minimum absolute atomic E-state index is 0.226. The third-order valence-electron chi connectivity index (χ3n) is 20.9. The number of hydrogen-bond donors (Lipinski definition) is 0. The molecule has 15 aromatic carbocycles. The van der Waals surface area contributed by atoms with Gasteiger partial charge < -0.3 is 18.9 Å². The van der Waals surface area contributed by atoms with Gasteiger partial charge in [-0.15, -0.1) is 0 Å². The van der Waals surface area contributed by atoms with Gasteiger partial charge in [-0.3, -0.25) is 0 Å². The fourth-order valence-corrected chi connectivity index (χ4v) is 16.2. The van der Waals surface area contributed by atoms with E-state index in [-0.39, 0.29) is 12.1 Å². The molecule has 19 rings (SSSR count). The maximum atomic E-state index is 2.70. The molecule has 466 valence electrons.